The van der Waals surface area contributed by atoms with Gasteiger partial charge in [-0.05, 0) is 67.5 Å². The van der Waals surface area contributed by atoms with E-state index in [2.05, 4.69) is 30.3 Å². The van der Waals surface area contributed by atoms with E-state index in [0.29, 0.717) is 13.2 Å². The normalized spacial score (nSPS) is 27.5. The summed E-state index contributed by atoms with van der Waals surface area (Å²) in [6, 6.07) is 16.7. The summed E-state index contributed by atoms with van der Waals surface area (Å²) in [4.78, 5) is 0. The van der Waals surface area contributed by atoms with Crippen molar-refractivity contribution in [3.63, 3.8) is 0 Å². The van der Waals surface area contributed by atoms with Crippen molar-refractivity contribution in [1.29, 1.82) is 0 Å². The van der Waals surface area contributed by atoms with Crippen LogP contribution in [0.3, 0.4) is 0 Å². The van der Waals surface area contributed by atoms with E-state index < -0.39 is 5.60 Å². The smallest absolute Gasteiger partial charge is 0.120 e. The number of hydrogen-bond donors (Lipinski definition) is 2. The Labute approximate surface area is 156 Å². The van der Waals surface area contributed by atoms with Crippen molar-refractivity contribution in [2.24, 2.45) is 5.73 Å². The summed E-state index contributed by atoms with van der Waals surface area (Å²) >= 11 is 0. The molecular weight excluding hydrogens is 322 g/mol. The zero-order valence-corrected chi connectivity index (χ0v) is 15.4. The summed E-state index contributed by atoms with van der Waals surface area (Å²) < 4.78 is 6.08. The summed E-state index contributed by atoms with van der Waals surface area (Å²) in [5.41, 5.74) is 8.98. The Morgan fingerprint density at radius 2 is 1.81 bits per heavy atom. The average molecular weight is 351 g/mol. The summed E-state index contributed by atoms with van der Waals surface area (Å²) in [5.74, 6) is 0.888. The highest BCUT2D eigenvalue weighted by molar-refractivity contribution is 5.46. The zero-order valence-electron chi connectivity index (χ0n) is 15.4. The second-order valence-corrected chi connectivity index (χ2v) is 7.95. The molecule has 4 rings (SSSR count). The minimum Gasteiger partial charge on any atom is -0.489 e. The van der Waals surface area contributed by atoms with Crippen LogP contribution in [0.25, 0.3) is 0 Å². The molecule has 0 aliphatic heterocycles. The fraction of sp³-hybridized carbons (Fsp3) is 0.478. The van der Waals surface area contributed by atoms with Crippen LogP contribution in [0.4, 0.5) is 0 Å². The molecule has 2 atom stereocenters. The van der Waals surface area contributed by atoms with E-state index >= 15 is 0 Å². The largest absolute Gasteiger partial charge is 0.489 e. The molecule has 0 unspecified atom stereocenters. The van der Waals surface area contributed by atoms with Crippen LogP contribution in [0, 0.1) is 0 Å². The third-order valence-electron chi connectivity index (χ3n) is 6.56. The molecule has 1 saturated carbocycles. The number of ether oxygens (including phenoxy) is 1. The van der Waals surface area contributed by atoms with Crippen molar-refractivity contribution < 1.29 is 9.84 Å². The Kier molecular flexibility index (Phi) is 4.76. The van der Waals surface area contributed by atoms with Crippen molar-refractivity contribution in [3.8, 4) is 5.75 Å². The van der Waals surface area contributed by atoms with Crippen molar-refractivity contribution in [2.75, 3.05) is 6.54 Å². The Bertz CT molecular complexity index is 756. The maximum atomic E-state index is 11.5. The lowest BCUT2D eigenvalue weighted by Gasteiger charge is -2.54. The van der Waals surface area contributed by atoms with E-state index in [-0.39, 0.29) is 5.41 Å². The van der Waals surface area contributed by atoms with E-state index in [9.17, 15) is 5.11 Å². The van der Waals surface area contributed by atoms with Gasteiger partial charge in [-0.1, -0.05) is 49.2 Å². The quantitative estimate of drug-likeness (QED) is 0.852. The minimum absolute atomic E-state index is 0.209. The molecule has 0 saturated heterocycles. The van der Waals surface area contributed by atoms with Gasteiger partial charge >= 0.3 is 0 Å². The molecule has 0 spiro atoms. The van der Waals surface area contributed by atoms with Gasteiger partial charge < -0.3 is 15.6 Å². The molecule has 2 aromatic rings. The second-order valence-electron chi connectivity index (χ2n) is 7.95. The first-order chi connectivity index (χ1) is 12.7. The van der Waals surface area contributed by atoms with Gasteiger partial charge in [0.05, 0.1) is 5.60 Å². The molecule has 2 aliphatic rings. The van der Waals surface area contributed by atoms with Gasteiger partial charge in [0.1, 0.15) is 12.4 Å². The number of benzene rings is 2. The molecule has 0 radical (unpaired) electrons. The Morgan fingerprint density at radius 1 is 1.00 bits per heavy atom. The first-order valence-corrected chi connectivity index (χ1v) is 9.89. The fourth-order valence-electron chi connectivity index (χ4n) is 5.20. The number of hydrogen-bond acceptors (Lipinski definition) is 3. The molecule has 0 aromatic heterocycles. The lowest BCUT2D eigenvalue weighted by atomic mass is 9.53. The Morgan fingerprint density at radius 3 is 2.62 bits per heavy atom. The lowest BCUT2D eigenvalue weighted by Crippen LogP contribution is -2.57. The minimum atomic E-state index is -0.615. The van der Waals surface area contributed by atoms with Gasteiger partial charge in [-0.3, -0.25) is 0 Å². The first kappa shape index (κ1) is 17.6. The molecule has 3 N–H and O–H groups in total. The van der Waals surface area contributed by atoms with Gasteiger partial charge in [0.15, 0.2) is 0 Å². The average Bonchev–Trinajstić information content (AvgIpc) is 2.68. The summed E-state index contributed by atoms with van der Waals surface area (Å²) in [6.07, 6.45) is 6.83. The standard InChI is InChI=1S/C23H29NO2/c24-15-14-22-11-4-5-12-23(22,25)13-10-19-8-9-20(16-21(19)22)26-17-18-6-2-1-3-7-18/h1-3,6-9,16,25H,4-5,10-15,17,24H2/t22-,23+/m1/s1. The van der Waals surface area contributed by atoms with Crippen LogP contribution in [-0.4, -0.2) is 17.3 Å². The second kappa shape index (κ2) is 7.05. The van der Waals surface area contributed by atoms with Gasteiger partial charge in [0.2, 0.25) is 0 Å². The number of aryl methyl sites for hydroxylation is 1. The molecule has 3 heteroatoms. The van der Waals surface area contributed by atoms with E-state index in [1.54, 1.807) is 0 Å². The summed E-state index contributed by atoms with van der Waals surface area (Å²) in [6.45, 7) is 1.17. The van der Waals surface area contributed by atoms with E-state index in [1.807, 2.05) is 18.2 Å². The molecule has 0 amide bonds. The highest BCUT2D eigenvalue weighted by Crippen LogP contribution is 2.55. The summed E-state index contributed by atoms with van der Waals surface area (Å²) in [7, 11) is 0. The predicted molar refractivity (Wildman–Crippen MR) is 104 cm³/mol. The molecule has 0 bridgehead atoms. The predicted octanol–water partition coefficient (Wildman–Crippen LogP) is 4.10. The molecule has 0 heterocycles. The molecule has 2 aliphatic carbocycles. The number of nitrogens with two attached hydrogens (primary N) is 1. The van der Waals surface area contributed by atoms with Crippen LogP contribution >= 0.6 is 0 Å². The topological polar surface area (TPSA) is 55.5 Å². The van der Waals surface area contributed by atoms with Crippen molar-refractivity contribution in [3.05, 3.63) is 65.2 Å². The highest BCUT2D eigenvalue weighted by Gasteiger charge is 2.54. The summed E-state index contributed by atoms with van der Waals surface area (Å²) in [5, 5.41) is 11.5. The third-order valence-corrected chi connectivity index (χ3v) is 6.56. The van der Waals surface area contributed by atoms with Gasteiger partial charge in [-0.25, -0.2) is 0 Å². The van der Waals surface area contributed by atoms with Gasteiger partial charge in [0, 0.05) is 5.41 Å². The molecule has 3 nitrogen and oxygen atoms in total. The maximum absolute atomic E-state index is 11.5. The SMILES string of the molecule is NCC[C@@]12CCCC[C@]1(O)CCc1ccc(OCc3ccccc3)cc12. The molecular formula is C23H29NO2. The maximum Gasteiger partial charge on any atom is 0.120 e. The number of aliphatic hydroxyl groups is 1. The fourth-order valence-corrected chi connectivity index (χ4v) is 5.20. The molecule has 1 fully saturated rings. The Hall–Kier alpha value is -1.84. The zero-order chi connectivity index (χ0) is 18.0. The van der Waals surface area contributed by atoms with E-state index in [0.717, 1.165) is 56.3 Å². The first-order valence-electron chi connectivity index (χ1n) is 9.89. The van der Waals surface area contributed by atoms with Crippen LogP contribution in [0.2, 0.25) is 0 Å². The van der Waals surface area contributed by atoms with Crippen molar-refractivity contribution in [2.45, 2.75) is 62.6 Å². The molecule has 26 heavy (non-hydrogen) atoms. The monoisotopic (exact) mass is 351 g/mol. The number of fused-ring (bicyclic) bond motifs is 3. The van der Waals surface area contributed by atoms with Crippen LogP contribution in [0.15, 0.2) is 48.5 Å². The number of rotatable bonds is 5. The lowest BCUT2D eigenvalue weighted by molar-refractivity contribution is -0.0862. The van der Waals surface area contributed by atoms with Crippen LogP contribution in [-0.2, 0) is 18.4 Å². The van der Waals surface area contributed by atoms with Crippen molar-refractivity contribution >= 4 is 0 Å². The van der Waals surface area contributed by atoms with Crippen LogP contribution < -0.4 is 10.5 Å². The Balaban J connectivity index is 1.66. The van der Waals surface area contributed by atoms with E-state index in [4.69, 9.17) is 10.5 Å². The van der Waals surface area contributed by atoms with Crippen LogP contribution in [0.1, 0.15) is 55.2 Å². The van der Waals surface area contributed by atoms with Gasteiger partial charge in [-0.2, -0.15) is 0 Å². The highest BCUT2D eigenvalue weighted by atomic mass is 16.5. The van der Waals surface area contributed by atoms with Gasteiger partial charge in [0.25, 0.3) is 0 Å². The van der Waals surface area contributed by atoms with Crippen molar-refractivity contribution in [1.82, 2.24) is 0 Å². The van der Waals surface area contributed by atoms with E-state index in [1.165, 1.54) is 11.1 Å². The van der Waals surface area contributed by atoms with Gasteiger partial charge in [-0.15, -0.1) is 0 Å². The third kappa shape index (κ3) is 2.93. The molecule has 138 valence electrons. The van der Waals surface area contributed by atoms with Crippen LogP contribution in [0.5, 0.6) is 5.75 Å². The molecule has 2 aromatic carbocycles.